The third kappa shape index (κ3) is 9.43. The summed E-state index contributed by atoms with van der Waals surface area (Å²) in [4.78, 5) is 55.8. The van der Waals surface area contributed by atoms with Crippen molar-refractivity contribution >= 4 is 91.2 Å². The highest BCUT2D eigenvalue weighted by atomic mass is 127. The number of likely N-dealkylation sites (N-methyl/N-ethyl adjacent to an activating group) is 2. The summed E-state index contributed by atoms with van der Waals surface area (Å²) in [6.07, 6.45) is -8.85. The molecule has 2 rings (SSSR count). The molecule has 2 amide bonds. The fourth-order valence-corrected chi connectivity index (χ4v) is 9.15. The van der Waals surface area contributed by atoms with Gasteiger partial charge in [-0.2, -0.15) is 0 Å². The molecule has 5 atom stereocenters. The van der Waals surface area contributed by atoms with Crippen molar-refractivity contribution in [3.8, 4) is 11.1 Å². The quantitative estimate of drug-likeness (QED) is 0.0359. The zero-order valence-electron chi connectivity index (χ0n) is 25.6. The van der Waals surface area contributed by atoms with Crippen LogP contribution < -0.4 is 11.5 Å². The van der Waals surface area contributed by atoms with Gasteiger partial charge in [0.2, 0.25) is 11.6 Å². The first-order chi connectivity index (χ1) is 22.3. The Hall–Kier alpha value is -1.49. The first-order valence-corrected chi connectivity index (χ1v) is 17.2. The van der Waals surface area contributed by atoms with Crippen LogP contribution >= 0.6 is 67.8 Å². The van der Waals surface area contributed by atoms with E-state index in [1.54, 1.807) is 0 Å². The number of nitrogens with zero attached hydrogens (tertiary/aromatic N) is 2. The van der Waals surface area contributed by atoms with E-state index in [2.05, 4.69) is 0 Å². The second kappa shape index (κ2) is 18.1. The van der Waals surface area contributed by atoms with Gasteiger partial charge in [0, 0.05) is 49.0 Å². The molecule has 0 bridgehead atoms. The van der Waals surface area contributed by atoms with Crippen LogP contribution in [-0.4, -0.2) is 157 Å². The number of halogens is 3. The molecule has 2 aromatic rings. The Bertz CT molecular complexity index is 1450. The van der Waals surface area contributed by atoms with E-state index in [0.29, 0.717) is 18.3 Å². The van der Waals surface area contributed by atoms with Crippen LogP contribution in [-0.2, 0) is 4.79 Å². The van der Waals surface area contributed by atoms with Gasteiger partial charge in [-0.3, -0.25) is 19.2 Å². The van der Waals surface area contributed by atoms with Crippen molar-refractivity contribution < 1.29 is 60.0 Å². The van der Waals surface area contributed by atoms with Gasteiger partial charge in [-0.15, -0.1) is 0 Å². The van der Waals surface area contributed by atoms with Gasteiger partial charge in [0.1, 0.15) is 18.3 Å². The van der Waals surface area contributed by atoms with Crippen LogP contribution in [0.1, 0.15) is 31.1 Å². The molecular formula is C29H37I3N4O12. The van der Waals surface area contributed by atoms with Gasteiger partial charge in [0.25, 0.3) is 11.8 Å². The number of rotatable bonds is 16. The highest BCUT2D eigenvalue weighted by Crippen LogP contribution is 2.39. The topological polar surface area (TPSA) is 289 Å². The monoisotopic (exact) mass is 1010 g/mol. The Kier molecular flexibility index (Phi) is 16.1. The number of hydrogen-bond donors (Lipinski definition) is 10. The lowest BCUT2D eigenvalue weighted by atomic mass is 9.88. The van der Waals surface area contributed by atoms with Gasteiger partial charge in [-0.25, -0.2) is 0 Å². The summed E-state index contributed by atoms with van der Waals surface area (Å²) in [6.45, 7) is -2.64. The molecular weight excluding hydrogens is 977 g/mol. The van der Waals surface area contributed by atoms with Crippen LogP contribution in [0.5, 0.6) is 0 Å². The van der Waals surface area contributed by atoms with Gasteiger partial charge >= 0.3 is 0 Å². The Balaban J connectivity index is 2.69. The molecule has 2 aromatic carbocycles. The summed E-state index contributed by atoms with van der Waals surface area (Å²) in [5.41, 5.74) is 9.26. The van der Waals surface area contributed by atoms with Gasteiger partial charge in [-0.1, -0.05) is 24.3 Å². The Morgan fingerprint density at radius 2 is 1.15 bits per heavy atom. The highest BCUT2D eigenvalue weighted by Gasteiger charge is 2.46. The van der Waals surface area contributed by atoms with E-state index in [0.717, 1.165) is 0 Å². The molecule has 266 valence electrons. The number of aliphatic hydroxyl groups excluding tert-OH is 8. The van der Waals surface area contributed by atoms with Crippen molar-refractivity contribution in [2.45, 2.75) is 36.2 Å². The lowest BCUT2D eigenvalue weighted by molar-refractivity contribution is -0.135. The van der Waals surface area contributed by atoms with Crippen molar-refractivity contribution in [2.24, 2.45) is 11.5 Å². The number of amides is 2. The van der Waals surface area contributed by atoms with E-state index in [4.69, 9.17) is 16.6 Å². The summed E-state index contributed by atoms with van der Waals surface area (Å²) in [5, 5.41) is 77.3. The van der Waals surface area contributed by atoms with Crippen molar-refractivity contribution in [1.82, 2.24) is 9.80 Å². The minimum Gasteiger partial charge on any atom is -0.394 e. The normalized spacial score (nSPS) is 14.9. The molecule has 0 aliphatic rings. The zero-order chi connectivity index (χ0) is 36.8. The Morgan fingerprint density at radius 3 is 1.52 bits per heavy atom. The van der Waals surface area contributed by atoms with E-state index >= 15 is 0 Å². The second-order valence-corrected chi connectivity index (χ2v) is 14.2. The number of benzene rings is 2. The largest absolute Gasteiger partial charge is 0.394 e. The molecule has 12 N–H and O–H groups in total. The number of Topliss-reactive ketones (excluding diaryl/α,β-unsaturated/α-hetero) is 2. The van der Waals surface area contributed by atoms with E-state index < -0.39 is 79.4 Å². The van der Waals surface area contributed by atoms with Crippen molar-refractivity contribution in [3.05, 3.63) is 51.7 Å². The molecule has 48 heavy (non-hydrogen) atoms. The van der Waals surface area contributed by atoms with E-state index in [-0.39, 0.29) is 33.4 Å². The summed E-state index contributed by atoms with van der Waals surface area (Å²) < 4.78 is 1.01. The lowest BCUT2D eigenvalue weighted by Gasteiger charge is -2.32. The van der Waals surface area contributed by atoms with Gasteiger partial charge in [0.05, 0.1) is 43.2 Å². The Labute approximate surface area is 316 Å². The maximum atomic E-state index is 13.7. The highest BCUT2D eigenvalue weighted by molar-refractivity contribution is 14.1. The van der Waals surface area contributed by atoms with Crippen molar-refractivity contribution in [1.29, 1.82) is 0 Å². The third-order valence-corrected chi connectivity index (χ3v) is 10.5. The predicted molar refractivity (Wildman–Crippen MR) is 196 cm³/mol. The van der Waals surface area contributed by atoms with Crippen LogP contribution in [0.3, 0.4) is 0 Å². The molecule has 16 nitrogen and oxygen atoms in total. The first kappa shape index (κ1) is 42.7. The average Bonchev–Trinajstić information content (AvgIpc) is 3.06. The number of aliphatic hydroxyl groups is 8. The average molecular weight is 1010 g/mol. The number of ketones is 2. The molecule has 0 spiro atoms. The molecule has 0 aliphatic carbocycles. The molecule has 2 unspecified atom stereocenters. The number of carbonyl (C=O) groups excluding carboxylic acids is 4. The summed E-state index contributed by atoms with van der Waals surface area (Å²) in [7, 11) is 2.81. The van der Waals surface area contributed by atoms with Crippen molar-refractivity contribution in [3.63, 3.8) is 0 Å². The third-order valence-electron chi connectivity index (χ3n) is 7.26. The molecule has 0 fully saturated rings. The lowest BCUT2D eigenvalue weighted by Crippen LogP contribution is -2.70. The molecule has 19 heteroatoms. The van der Waals surface area contributed by atoms with Crippen LogP contribution in [0.15, 0.2) is 24.3 Å². The van der Waals surface area contributed by atoms with Crippen LogP contribution in [0, 0.1) is 10.7 Å². The van der Waals surface area contributed by atoms with Gasteiger partial charge in [0.15, 0.2) is 5.66 Å². The van der Waals surface area contributed by atoms with Gasteiger partial charge < -0.3 is 62.1 Å². The summed E-state index contributed by atoms with van der Waals surface area (Å²) in [5.74, 6) is -3.93. The fraction of sp³-hybridized carbons (Fsp3) is 0.448. The minimum atomic E-state index is -2.85. The van der Waals surface area contributed by atoms with E-state index in [9.17, 15) is 54.9 Å². The number of carbonyl (C=O) groups is 4. The second-order valence-electron chi connectivity index (χ2n) is 11.0. The van der Waals surface area contributed by atoms with Crippen LogP contribution in [0.25, 0.3) is 11.1 Å². The van der Waals surface area contributed by atoms with Crippen molar-refractivity contribution in [2.75, 3.05) is 47.0 Å². The molecule has 0 radical (unpaired) electrons. The number of hydrogen-bond acceptors (Lipinski definition) is 14. The predicted octanol–water partition coefficient (Wildman–Crippen LogP) is -2.54. The summed E-state index contributed by atoms with van der Waals surface area (Å²) >= 11 is 5.70. The Morgan fingerprint density at radius 1 is 0.729 bits per heavy atom. The molecule has 0 saturated heterocycles. The van der Waals surface area contributed by atoms with Gasteiger partial charge in [-0.05, 0) is 73.3 Å². The molecule has 0 aromatic heterocycles. The smallest absolute Gasteiger partial charge is 0.255 e. The van der Waals surface area contributed by atoms with Crippen LogP contribution in [0.4, 0.5) is 0 Å². The number of nitrogens with two attached hydrogens (primary N) is 2. The van der Waals surface area contributed by atoms with E-state index in [1.807, 2.05) is 67.8 Å². The molecule has 0 aliphatic heterocycles. The van der Waals surface area contributed by atoms with Crippen LogP contribution in [0.2, 0.25) is 0 Å². The SMILES string of the molecule is CN(CC(O)CO)C(=O)c1c(I)c(C(=O)N(C)CC(O)CO)c(I)c(-c2ccc(C(=O)C(=O)C(N)(N)[C@@H](O)[C@H](O)[C@H](O)CO)cc2)c1I. The fourth-order valence-electron chi connectivity index (χ4n) is 4.44. The van der Waals surface area contributed by atoms with E-state index in [1.165, 1.54) is 48.2 Å². The standard InChI is InChI=1S/C29H37I3N4O12/c1-35(7-14(40)9-37)27(47)18-20(30)17(21(31)19(22(18)32)28(48)36(2)8-15(41)10-38)12-3-5-13(6-4-12)23(43)25(45)29(33,34)26(46)24(44)16(42)11-39/h3-6,14-16,24,26,37-42,44,46H,7-11,33-34H2,1-2H3/t14?,15?,16-,24-,26+/m1/s1. The first-order valence-electron chi connectivity index (χ1n) is 14.0. The maximum absolute atomic E-state index is 13.7. The molecule has 0 saturated carbocycles. The minimum absolute atomic E-state index is 0.0858. The molecule has 0 heterocycles. The zero-order valence-corrected chi connectivity index (χ0v) is 32.1. The summed E-state index contributed by atoms with van der Waals surface area (Å²) in [6, 6.07) is 5.31. The maximum Gasteiger partial charge on any atom is 0.255 e.